The predicted molar refractivity (Wildman–Crippen MR) is 34.0 cm³/mol. The minimum absolute atomic E-state index is 0.0390. The maximum absolute atomic E-state index is 8.76. The van der Waals surface area contributed by atoms with E-state index < -0.39 is 5.72 Å². The zero-order chi connectivity index (χ0) is 6.91. The average Bonchev–Trinajstić information content (AvgIpc) is 2.13. The quantitative estimate of drug-likeness (QED) is 0.513. The average molecular weight is 131 g/mol. The van der Waals surface area contributed by atoms with Crippen LogP contribution in [0.3, 0.4) is 0 Å². The first-order chi connectivity index (χ1) is 4.16. The van der Waals surface area contributed by atoms with Gasteiger partial charge in [-0.3, -0.25) is 5.32 Å². The van der Waals surface area contributed by atoms with Gasteiger partial charge < -0.3 is 9.84 Å². The number of aliphatic hydroxyl groups excluding tert-OH is 1. The van der Waals surface area contributed by atoms with E-state index in [0.29, 0.717) is 12.6 Å². The molecule has 0 radical (unpaired) electrons. The van der Waals surface area contributed by atoms with Crippen LogP contribution in [0.5, 0.6) is 0 Å². The number of aliphatic hydroxyl groups is 1. The smallest absolute Gasteiger partial charge is 0.139 e. The summed E-state index contributed by atoms with van der Waals surface area (Å²) in [6.45, 7) is 4.60. The summed E-state index contributed by atoms with van der Waals surface area (Å²) >= 11 is 0. The Balaban J connectivity index is 2.45. The molecule has 2 atom stereocenters. The second kappa shape index (κ2) is 2.25. The molecular formula is C6H13NO2. The summed E-state index contributed by atoms with van der Waals surface area (Å²) in [6.07, 6.45) is 0. The molecule has 0 aromatic carbocycles. The van der Waals surface area contributed by atoms with Crippen LogP contribution in [0.1, 0.15) is 13.8 Å². The predicted octanol–water partition coefficient (Wildman–Crippen LogP) is -0.297. The molecule has 0 aliphatic carbocycles. The van der Waals surface area contributed by atoms with Crippen LogP contribution < -0.4 is 5.32 Å². The molecule has 2 N–H and O–H groups in total. The highest BCUT2D eigenvalue weighted by Crippen LogP contribution is 2.13. The molecule has 1 fully saturated rings. The summed E-state index contributed by atoms with van der Waals surface area (Å²) in [6, 6.07) is 0.363. The Bertz CT molecular complexity index is 107. The number of hydrogen-bond donors (Lipinski definition) is 2. The second-order valence-electron chi connectivity index (χ2n) is 2.75. The van der Waals surface area contributed by atoms with Crippen molar-refractivity contribution < 1.29 is 9.84 Å². The maximum Gasteiger partial charge on any atom is 0.139 e. The summed E-state index contributed by atoms with van der Waals surface area (Å²) in [7, 11) is 0. The van der Waals surface area contributed by atoms with Crippen LogP contribution in [0.25, 0.3) is 0 Å². The van der Waals surface area contributed by atoms with Crippen LogP contribution in [0, 0.1) is 0 Å². The summed E-state index contributed by atoms with van der Waals surface area (Å²) < 4.78 is 5.24. The van der Waals surface area contributed by atoms with E-state index >= 15 is 0 Å². The number of hydrogen-bond acceptors (Lipinski definition) is 3. The van der Waals surface area contributed by atoms with E-state index in [1.165, 1.54) is 0 Å². The molecule has 3 heteroatoms. The van der Waals surface area contributed by atoms with Gasteiger partial charge in [-0.15, -0.1) is 0 Å². The van der Waals surface area contributed by atoms with Gasteiger partial charge in [-0.05, 0) is 13.8 Å². The fraction of sp³-hybridized carbons (Fsp3) is 1.00. The van der Waals surface area contributed by atoms with Gasteiger partial charge in [0.15, 0.2) is 0 Å². The molecule has 54 valence electrons. The first kappa shape index (κ1) is 6.99. The lowest BCUT2D eigenvalue weighted by Gasteiger charge is -2.20. The lowest BCUT2D eigenvalue weighted by atomic mass is 10.3. The molecule has 3 nitrogen and oxygen atoms in total. The van der Waals surface area contributed by atoms with Gasteiger partial charge in [-0.1, -0.05) is 0 Å². The third-order valence-electron chi connectivity index (χ3n) is 1.51. The Morgan fingerprint density at radius 2 is 2.56 bits per heavy atom. The number of ether oxygens (including phenoxy) is 1. The van der Waals surface area contributed by atoms with E-state index in [1.807, 2.05) is 13.8 Å². The van der Waals surface area contributed by atoms with Gasteiger partial charge in [-0.2, -0.15) is 0 Å². The zero-order valence-corrected chi connectivity index (χ0v) is 5.85. The molecule has 1 aliphatic rings. The fourth-order valence-electron chi connectivity index (χ4n) is 1.00. The van der Waals surface area contributed by atoms with Crippen LogP contribution in [0.2, 0.25) is 0 Å². The molecule has 0 aromatic heterocycles. The number of rotatable bonds is 1. The summed E-state index contributed by atoms with van der Waals surface area (Å²) in [5, 5.41) is 11.9. The Morgan fingerprint density at radius 1 is 1.89 bits per heavy atom. The molecule has 0 amide bonds. The van der Waals surface area contributed by atoms with Gasteiger partial charge in [-0.25, -0.2) is 0 Å². The molecular weight excluding hydrogens is 118 g/mol. The van der Waals surface area contributed by atoms with Crippen molar-refractivity contribution in [3.63, 3.8) is 0 Å². The largest absolute Gasteiger partial charge is 0.392 e. The summed E-state index contributed by atoms with van der Waals surface area (Å²) in [5.41, 5.74) is -0.487. The molecule has 1 aliphatic heterocycles. The molecule has 0 bridgehead atoms. The van der Waals surface area contributed by atoms with E-state index in [4.69, 9.17) is 9.84 Å². The van der Waals surface area contributed by atoms with Crippen molar-refractivity contribution in [1.82, 2.24) is 5.32 Å². The highest BCUT2D eigenvalue weighted by molar-refractivity contribution is 4.81. The van der Waals surface area contributed by atoms with Gasteiger partial charge in [0, 0.05) is 6.04 Å². The highest BCUT2D eigenvalue weighted by atomic mass is 16.5. The molecule has 0 aromatic rings. The molecule has 0 saturated carbocycles. The van der Waals surface area contributed by atoms with Crippen LogP contribution in [0.15, 0.2) is 0 Å². The number of nitrogens with one attached hydrogen (secondary N) is 1. The van der Waals surface area contributed by atoms with E-state index in [-0.39, 0.29) is 6.61 Å². The van der Waals surface area contributed by atoms with Crippen LogP contribution in [0.4, 0.5) is 0 Å². The van der Waals surface area contributed by atoms with Crippen LogP contribution in [-0.2, 0) is 4.74 Å². The fourth-order valence-corrected chi connectivity index (χ4v) is 1.00. The van der Waals surface area contributed by atoms with Gasteiger partial charge in [0.05, 0.1) is 13.2 Å². The van der Waals surface area contributed by atoms with Gasteiger partial charge in [0.1, 0.15) is 5.72 Å². The van der Waals surface area contributed by atoms with Crippen LogP contribution in [-0.4, -0.2) is 30.1 Å². The summed E-state index contributed by atoms with van der Waals surface area (Å²) in [5.74, 6) is 0. The Hall–Kier alpha value is -0.120. The third kappa shape index (κ3) is 1.41. The molecule has 9 heavy (non-hydrogen) atoms. The molecule has 2 unspecified atom stereocenters. The highest BCUT2D eigenvalue weighted by Gasteiger charge is 2.31. The van der Waals surface area contributed by atoms with Crippen molar-refractivity contribution in [3.05, 3.63) is 0 Å². The first-order valence-corrected chi connectivity index (χ1v) is 3.19. The molecule has 1 rings (SSSR count). The van der Waals surface area contributed by atoms with Crippen molar-refractivity contribution in [2.45, 2.75) is 25.6 Å². The minimum atomic E-state index is -0.487. The van der Waals surface area contributed by atoms with E-state index in [2.05, 4.69) is 5.32 Å². The van der Waals surface area contributed by atoms with Crippen molar-refractivity contribution in [3.8, 4) is 0 Å². The minimum Gasteiger partial charge on any atom is -0.392 e. The van der Waals surface area contributed by atoms with Crippen molar-refractivity contribution in [1.29, 1.82) is 0 Å². The Morgan fingerprint density at radius 3 is 2.78 bits per heavy atom. The normalized spacial score (nSPS) is 43.7. The Labute approximate surface area is 55.0 Å². The van der Waals surface area contributed by atoms with Gasteiger partial charge in [0.25, 0.3) is 0 Å². The lowest BCUT2D eigenvalue weighted by molar-refractivity contribution is -0.0366. The van der Waals surface area contributed by atoms with Gasteiger partial charge >= 0.3 is 0 Å². The van der Waals surface area contributed by atoms with Crippen LogP contribution >= 0.6 is 0 Å². The molecule has 0 spiro atoms. The van der Waals surface area contributed by atoms with E-state index in [9.17, 15) is 0 Å². The lowest BCUT2D eigenvalue weighted by Crippen LogP contribution is -2.43. The van der Waals surface area contributed by atoms with Gasteiger partial charge in [0.2, 0.25) is 0 Å². The third-order valence-corrected chi connectivity index (χ3v) is 1.51. The molecule has 1 saturated heterocycles. The SMILES string of the molecule is CC1COC(C)(CO)N1. The standard InChI is InChI=1S/C6H13NO2/c1-5-3-9-6(2,4-8)7-5/h5,7-8H,3-4H2,1-2H3. The topological polar surface area (TPSA) is 41.5 Å². The monoisotopic (exact) mass is 131 g/mol. The van der Waals surface area contributed by atoms with E-state index in [1.54, 1.807) is 0 Å². The maximum atomic E-state index is 8.76. The molecule has 1 heterocycles. The van der Waals surface area contributed by atoms with Crippen molar-refractivity contribution in [2.24, 2.45) is 0 Å². The zero-order valence-electron chi connectivity index (χ0n) is 5.85. The first-order valence-electron chi connectivity index (χ1n) is 3.19. The second-order valence-corrected chi connectivity index (χ2v) is 2.75. The van der Waals surface area contributed by atoms with E-state index in [0.717, 1.165) is 0 Å². The van der Waals surface area contributed by atoms with Crippen molar-refractivity contribution in [2.75, 3.05) is 13.2 Å². The Kier molecular flexibility index (Phi) is 1.75. The van der Waals surface area contributed by atoms with Crippen molar-refractivity contribution >= 4 is 0 Å². The summed E-state index contributed by atoms with van der Waals surface area (Å²) in [4.78, 5) is 0.